The maximum absolute atomic E-state index is 10.6. The smallest absolute Gasteiger partial charge is 0.204 e. The van der Waals surface area contributed by atoms with Crippen LogP contribution in [0.1, 0.15) is 25.8 Å². The molecule has 4 nitrogen and oxygen atoms in total. The predicted molar refractivity (Wildman–Crippen MR) is 57.1 cm³/mol. The molecule has 2 rings (SSSR count). The van der Waals surface area contributed by atoms with Gasteiger partial charge in [-0.1, -0.05) is 26.3 Å². The largest absolute Gasteiger partial charge is 0.512 e. The Morgan fingerprint density at radius 2 is 2.12 bits per heavy atom. The Hall–Kier alpha value is -0.476. The van der Waals surface area contributed by atoms with Gasteiger partial charge in [0.15, 0.2) is 0 Å². The molecule has 5 heteroatoms. The van der Waals surface area contributed by atoms with Crippen LogP contribution in [0.15, 0.2) is 12.1 Å². The van der Waals surface area contributed by atoms with Gasteiger partial charge in [-0.25, -0.2) is 0 Å². The fourth-order valence-electron chi connectivity index (χ4n) is 1.44. The van der Waals surface area contributed by atoms with E-state index in [0.29, 0.717) is 12.4 Å². The van der Waals surface area contributed by atoms with Gasteiger partial charge in [0.25, 0.3) is 0 Å². The van der Waals surface area contributed by atoms with Gasteiger partial charge in [-0.2, -0.15) is 12.1 Å². The maximum atomic E-state index is 10.6. The molecule has 1 aromatic carbocycles. The summed E-state index contributed by atoms with van der Waals surface area (Å²) in [5, 5.41) is 10.6. The summed E-state index contributed by atoms with van der Waals surface area (Å²) >= 11 is 0. The second-order valence-corrected chi connectivity index (χ2v) is 2.90. The summed E-state index contributed by atoms with van der Waals surface area (Å²) in [5.41, 5.74) is 0.914. The number of nitrogens with zero attached hydrogens (tertiary/aromatic N) is 1. The molecule has 1 aliphatic heterocycles. The van der Waals surface area contributed by atoms with Crippen molar-refractivity contribution in [1.29, 1.82) is 0 Å². The monoisotopic (exact) mass is 297 g/mol. The van der Waals surface area contributed by atoms with Crippen LogP contribution >= 0.6 is 0 Å². The van der Waals surface area contributed by atoms with E-state index in [1.54, 1.807) is 6.07 Å². The molecule has 0 aliphatic carbocycles. The zero-order valence-electron chi connectivity index (χ0n) is 9.53. The average Bonchev–Trinajstić information content (AvgIpc) is 2.31. The molecule has 0 aromatic heterocycles. The molecule has 0 unspecified atom stereocenters. The fourth-order valence-corrected chi connectivity index (χ4v) is 1.44. The second kappa shape index (κ2) is 7.74. The van der Waals surface area contributed by atoms with E-state index in [0.717, 1.165) is 18.4 Å². The molecule has 0 spiro atoms. The van der Waals surface area contributed by atoms with Crippen molar-refractivity contribution in [3.05, 3.63) is 33.9 Å². The molecule has 0 saturated heterocycles. The summed E-state index contributed by atoms with van der Waals surface area (Å²) in [6.45, 7) is 4.57. The Morgan fingerprint density at radius 1 is 1.44 bits per heavy atom. The van der Waals surface area contributed by atoms with Crippen LogP contribution in [0.4, 0.5) is 5.69 Å². The molecule has 16 heavy (non-hydrogen) atoms. The average molecular weight is 297 g/mol. The third kappa shape index (κ3) is 3.53. The molecule has 0 bridgehead atoms. The molecule has 1 heterocycles. The summed E-state index contributed by atoms with van der Waals surface area (Å²) in [7, 11) is 0. The Morgan fingerprint density at radius 3 is 2.75 bits per heavy atom. The molecule has 0 fully saturated rings. The zero-order valence-corrected chi connectivity index (χ0v) is 12.4. The van der Waals surface area contributed by atoms with Gasteiger partial charge in [0.05, 0.1) is 12.4 Å². The number of nitro groups is 1. The van der Waals surface area contributed by atoms with Crippen LogP contribution in [-0.4, -0.2) is 11.5 Å². The SMILES string of the molecule is CC.O=[N+]([O-])c1c[c-]cc2c1OCCC2.[Y]. The normalized spacial score (nSPS) is 12.1. The van der Waals surface area contributed by atoms with Gasteiger partial charge in [0, 0.05) is 37.6 Å². The number of nitro benzene ring substituents is 1. The quantitative estimate of drug-likeness (QED) is 0.455. The maximum Gasteiger partial charge on any atom is 0.204 e. The van der Waals surface area contributed by atoms with E-state index in [1.165, 1.54) is 6.07 Å². The number of fused-ring (bicyclic) bond motifs is 1. The van der Waals surface area contributed by atoms with E-state index in [2.05, 4.69) is 6.07 Å². The summed E-state index contributed by atoms with van der Waals surface area (Å²) in [6.07, 6.45) is 1.76. The van der Waals surface area contributed by atoms with E-state index in [4.69, 9.17) is 4.74 Å². The first-order valence-corrected chi connectivity index (χ1v) is 5.09. The van der Waals surface area contributed by atoms with E-state index >= 15 is 0 Å². The molecule has 1 radical (unpaired) electrons. The van der Waals surface area contributed by atoms with Crippen molar-refractivity contribution < 1.29 is 42.4 Å². The second-order valence-electron chi connectivity index (χ2n) is 2.90. The Labute approximate surface area is 120 Å². The molecule has 0 saturated carbocycles. The van der Waals surface area contributed by atoms with Crippen LogP contribution < -0.4 is 4.74 Å². The Kier molecular flexibility index (Phi) is 7.51. The molecular formula is C11H14NO3Y-. The summed E-state index contributed by atoms with van der Waals surface area (Å²) < 4.78 is 5.25. The van der Waals surface area contributed by atoms with E-state index in [1.807, 2.05) is 13.8 Å². The van der Waals surface area contributed by atoms with Crippen molar-refractivity contribution in [3.63, 3.8) is 0 Å². The number of hydrogen-bond donors (Lipinski definition) is 0. The van der Waals surface area contributed by atoms with Crippen LogP contribution in [-0.2, 0) is 39.1 Å². The zero-order chi connectivity index (χ0) is 11.3. The first-order valence-electron chi connectivity index (χ1n) is 5.09. The van der Waals surface area contributed by atoms with Gasteiger partial charge in [-0.05, 0) is 6.42 Å². The van der Waals surface area contributed by atoms with Crippen LogP contribution in [0.25, 0.3) is 0 Å². The van der Waals surface area contributed by atoms with Crippen molar-refractivity contribution in [3.8, 4) is 5.75 Å². The first kappa shape index (κ1) is 15.5. The van der Waals surface area contributed by atoms with Gasteiger partial charge in [0.2, 0.25) is 5.69 Å². The Bertz CT molecular complexity index is 355. The summed E-state index contributed by atoms with van der Waals surface area (Å²) in [4.78, 5) is 10.1. The van der Waals surface area contributed by atoms with Crippen LogP contribution in [0.2, 0.25) is 0 Å². The topological polar surface area (TPSA) is 52.4 Å². The first-order chi connectivity index (χ1) is 7.29. The standard InChI is InChI=1S/C9H8NO3.C2H6.Y/c11-10(12)8-5-1-3-7-4-2-6-13-9(7)8;1-2;/h3,5H,2,4,6H2;1-2H3;/q-1;;. The van der Waals surface area contributed by atoms with Crippen molar-refractivity contribution in [2.75, 3.05) is 6.61 Å². The molecule has 0 amide bonds. The summed E-state index contributed by atoms with van der Waals surface area (Å²) in [5.74, 6) is 0.426. The minimum Gasteiger partial charge on any atom is -0.512 e. The molecule has 1 aromatic rings. The van der Waals surface area contributed by atoms with Crippen LogP contribution in [0.3, 0.4) is 0 Å². The van der Waals surface area contributed by atoms with Crippen molar-refractivity contribution in [2.45, 2.75) is 26.7 Å². The van der Waals surface area contributed by atoms with Crippen molar-refractivity contribution in [1.82, 2.24) is 0 Å². The van der Waals surface area contributed by atoms with Gasteiger partial charge < -0.3 is 4.74 Å². The van der Waals surface area contributed by atoms with Gasteiger partial charge in [0.1, 0.15) is 0 Å². The van der Waals surface area contributed by atoms with Crippen molar-refractivity contribution in [2.24, 2.45) is 0 Å². The number of rotatable bonds is 1. The number of ether oxygens (including phenoxy) is 1. The van der Waals surface area contributed by atoms with Gasteiger partial charge >= 0.3 is 0 Å². The van der Waals surface area contributed by atoms with E-state index < -0.39 is 4.92 Å². The van der Waals surface area contributed by atoms with Crippen LogP contribution in [0.5, 0.6) is 5.75 Å². The fraction of sp³-hybridized carbons (Fsp3) is 0.455. The minimum atomic E-state index is -0.430. The minimum absolute atomic E-state index is 0. The predicted octanol–water partition coefficient (Wildman–Crippen LogP) is 2.74. The molecular weight excluding hydrogens is 283 g/mol. The van der Waals surface area contributed by atoms with Gasteiger partial charge in [-0.15, -0.1) is 5.56 Å². The third-order valence-corrected chi connectivity index (χ3v) is 2.04. The number of aryl methyl sites for hydroxylation is 1. The van der Waals surface area contributed by atoms with Crippen molar-refractivity contribution >= 4 is 5.69 Å². The third-order valence-electron chi connectivity index (χ3n) is 2.04. The molecule has 1 aliphatic rings. The van der Waals surface area contributed by atoms with Gasteiger partial charge in [-0.3, -0.25) is 10.1 Å². The number of hydrogen-bond acceptors (Lipinski definition) is 3. The molecule has 0 atom stereocenters. The van der Waals surface area contributed by atoms with E-state index in [-0.39, 0.29) is 38.4 Å². The van der Waals surface area contributed by atoms with Crippen LogP contribution in [0, 0.1) is 16.2 Å². The number of benzene rings is 1. The van der Waals surface area contributed by atoms with E-state index in [9.17, 15) is 10.1 Å². The summed E-state index contributed by atoms with van der Waals surface area (Å²) in [6, 6.07) is 5.85. The Balaban J connectivity index is 0.000000711. The molecule has 85 valence electrons. The molecule has 0 N–H and O–H groups in total.